The van der Waals surface area contributed by atoms with Gasteiger partial charge in [-0.05, 0) is 31.2 Å². The first-order chi connectivity index (χ1) is 10.6. The fourth-order valence-corrected chi connectivity index (χ4v) is 2.88. The van der Waals surface area contributed by atoms with E-state index in [1.165, 1.54) is 12.1 Å². The number of halogens is 1. The molecule has 5 nitrogen and oxygen atoms in total. The second-order valence-electron chi connectivity index (χ2n) is 5.58. The van der Waals surface area contributed by atoms with E-state index in [9.17, 15) is 9.18 Å². The average Bonchev–Trinajstić information content (AvgIpc) is 2.96. The molecule has 22 heavy (non-hydrogen) atoms. The number of furan rings is 1. The van der Waals surface area contributed by atoms with Crippen LogP contribution in [0.3, 0.4) is 0 Å². The molecule has 1 atom stereocenters. The minimum Gasteiger partial charge on any atom is -0.459 e. The summed E-state index contributed by atoms with van der Waals surface area (Å²) in [5, 5.41) is 9.65. The van der Waals surface area contributed by atoms with Crippen molar-refractivity contribution in [2.24, 2.45) is 0 Å². The standard InChI is InChI=1S/C16H19FN2O3/c1-11(18-4-6-19(7-5-18)16(21)10-20)15-9-12-8-13(17)2-3-14(12)22-15/h2-3,8-9,11,20H,4-7,10H2,1H3. The molecule has 0 radical (unpaired) electrons. The summed E-state index contributed by atoms with van der Waals surface area (Å²) in [6, 6.07) is 6.42. The van der Waals surface area contributed by atoms with Crippen LogP contribution in [0.5, 0.6) is 0 Å². The van der Waals surface area contributed by atoms with Crippen molar-refractivity contribution in [1.82, 2.24) is 9.80 Å². The van der Waals surface area contributed by atoms with Crippen molar-refractivity contribution in [3.8, 4) is 0 Å². The van der Waals surface area contributed by atoms with Crippen LogP contribution in [0, 0.1) is 5.82 Å². The Hall–Kier alpha value is -1.92. The summed E-state index contributed by atoms with van der Waals surface area (Å²) in [6.07, 6.45) is 0. The Kier molecular flexibility index (Phi) is 4.13. The maximum absolute atomic E-state index is 13.2. The Morgan fingerprint density at radius 1 is 1.32 bits per heavy atom. The molecular weight excluding hydrogens is 287 g/mol. The second kappa shape index (κ2) is 6.06. The van der Waals surface area contributed by atoms with Gasteiger partial charge in [0.2, 0.25) is 5.91 Å². The highest BCUT2D eigenvalue weighted by Gasteiger charge is 2.26. The van der Waals surface area contributed by atoms with Crippen LogP contribution in [-0.4, -0.2) is 53.6 Å². The van der Waals surface area contributed by atoms with Crippen molar-refractivity contribution in [1.29, 1.82) is 0 Å². The largest absolute Gasteiger partial charge is 0.459 e. The van der Waals surface area contributed by atoms with Crippen molar-refractivity contribution in [2.45, 2.75) is 13.0 Å². The third-order valence-electron chi connectivity index (χ3n) is 4.26. The molecule has 1 aromatic heterocycles. The fraction of sp³-hybridized carbons (Fsp3) is 0.438. The zero-order valence-corrected chi connectivity index (χ0v) is 12.5. The van der Waals surface area contributed by atoms with Gasteiger partial charge >= 0.3 is 0 Å². The van der Waals surface area contributed by atoms with E-state index in [1.54, 1.807) is 11.0 Å². The number of fused-ring (bicyclic) bond motifs is 1. The smallest absolute Gasteiger partial charge is 0.248 e. The van der Waals surface area contributed by atoms with Gasteiger partial charge in [-0.25, -0.2) is 4.39 Å². The minimum atomic E-state index is -0.440. The number of hydrogen-bond donors (Lipinski definition) is 1. The molecule has 1 fully saturated rings. The number of carbonyl (C=O) groups excluding carboxylic acids is 1. The molecule has 1 N–H and O–H groups in total. The summed E-state index contributed by atoms with van der Waals surface area (Å²) in [7, 11) is 0. The van der Waals surface area contributed by atoms with Crippen LogP contribution in [0.2, 0.25) is 0 Å². The molecule has 0 bridgehead atoms. The van der Waals surface area contributed by atoms with Gasteiger partial charge in [0.25, 0.3) is 0 Å². The summed E-state index contributed by atoms with van der Waals surface area (Å²) in [5.74, 6) is 0.290. The highest BCUT2D eigenvalue weighted by Crippen LogP contribution is 2.28. The van der Waals surface area contributed by atoms with E-state index in [2.05, 4.69) is 4.90 Å². The predicted molar refractivity (Wildman–Crippen MR) is 79.8 cm³/mol. The van der Waals surface area contributed by atoms with Crippen LogP contribution >= 0.6 is 0 Å². The number of piperazine rings is 1. The van der Waals surface area contributed by atoms with Crippen molar-refractivity contribution in [2.75, 3.05) is 32.8 Å². The number of aliphatic hydroxyl groups is 1. The minimum absolute atomic E-state index is 0.0573. The molecule has 2 heterocycles. The monoisotopic (exact) mass is 306 g/mol. The van der Waals surface area contributed by atoms with E-state index < -0.39 is 6.61 Å². The number of carbonyl (C=O) groups is 1. The molecule has 1 aromatic carbocycles. The quantitative estimate of drug-likeness (QED) is 0.939. The first kappa shape index (κ1) is 15.0. The first-order valence-corrected chi connectivity index (χ1v) is 7.40. The van der Waals surface area contributed by atoms with E-state index in [0.29, 0.717) is 18.7 Å². The van der Waals surface area contributed by atoms with Gasteiger partial charge in [0.15, 0.2) is 0 Å². The third-order valence-corrected chi connectivity index (χ3v) is 4.26. The maximum atomic E-state index is 13.2. The molecule has 2 aromatic rings. The van der Waals surface area contributed by atoms with Gasteiger partial charge in [-0.3, -0.25) is 9.69 Å². The van der Waals surface area contributed by atoms with Crippen LogP contribution in [0.4, 0.5) is 4.39 Å². The van der Waals surface area contributed by atoms with Crippen LogP contribution in [0.25, 0.3) is 11.0 Å². The van der Waals surface area contributed by atoms with Gasteiger partial charge in [0.05, 0.1) is 6.04 Å². The molecule has 1 aliphatic heterocycles. The predicted octanol–water partition coefficient (Wildman–Crippen LogP) is 1.77. The van der Waals surface area contributed by atoms with E-state index >= 15 is 0 Å². The molecule has 1 saturated heterocycles. The topological polar surface area (TPSA) is 56.9 Å². The Balaban J connectivity index is 1.71. The van der Waals surface area contributed by atoms with Gasteiger partial charge in [-0.15, -0.1) is 0 Å². The van der Waals surface area contributed by atoms with Crippen LogP contribution < -0.4 is 0 Å². The lowest BCUT2D eigenvalue weighted by Crippen LogP contribution is -2.49. The second-order valence-corrected chi connectivity index (χ2v) is 5.58. The van der Waals surface area contributed by atoms with Crippen molar-refractivity contribution >= 4 is 16.9 Å². The van der Waals surface area contributed by atoms with Crippen LogP contribution in [-0.2, 0) is 4.79 Å². The van der Waals surface area contributed by atoms with Gasteiger partial charge in [-0.1, -0.05) is 0 Å². The number of nitrogens with zero attached hydrogens (tertiary/aromatic N) is 2. The molecule has 0 spiro atoms. The van der Waals surface area contributed by atoms with Gasteiger partial charge < -0.3 is 14.4 Å². The summed E-state index contributed by atoms with van der Waals surface area (Å²) in [5.41, 5.74) is 0.678. The summed E-state index contributed by atoms with van der Waals surface area (Å²) in [6.45, 7) is 4.23. The Morgan fingerprint density at radius 3 is 2.73 bits per heavy atom. The van der Waals surface area contributed by atoms with Crippen LogP contribution in [0.1, 0.15) is 18.7 Å². The van der Waals surface area contributed by atoms with Crippen molar-refractivity contribution in [3.05, 3.63) is 35.8 Å². The highest BCUT2D eigenvalue weighted by atomic mass is 19.1. The molecule has 0 aliphatic carbocycles. The molecule has 1 aliphatic rings. The number of benzene rings is 1. The van der Waals surface area contributed by atoms with E-state index in [1.807, 2.05) is 13.0 Å². The van der Waals surface area contributed by atoms with E-state index in [4.69, 9.17) is 9.52 Å². The highest BCUT2D eigenvalue weighted by molar-refractivity contribution is 5.78. The fourth-order valence-electron chi connectivity index (χ4n) is 2.88. The number of rotatable bonds is 3. The average molecular weight is 306 g/mol. The molecule has 0 saturated carbocycles. The zero-order valence-electron chi connectivity index (χ0n) is 12.5. The lowest BCUT2D eigenvalue weighted by atomic mass is 10.1. The first-order valence-electron chi connectivity index (χ1n) is 7.40. The molecular formula is C16H19FN2O3. The number of amides is 1. The summed E-state index contributed by atoms with van der Waals surface area (Å²) in [4.78, 5) is 15.3. The Bertz CT molecular complexity index is 677. The van der Waals surface area contributed by atoms with Crippen LogP contribution in [0.15, 0.2) is 28.7 Å². The molecule has 1 unspecified atom stereocenters. The molecule has 3 rings (SSSR count). The molecule has 118 valence electrons. The summed E-state index contributed by atoms with van der Waals surface area (Å²) < 4.78 is 19.0. The zero-order chi connectivity index (χ0) is 15.7. The van der Waals surface area contributed by atoms with Gasteiger partial charge in [0, 0.05) is 31.6 Å². The van der Waals surface area contributed by atoms with Gasteiger partial charge in [0.1, 0.15) is 23.8 Å². The Morgan fingerprint density at radius 2 is 2.05 bits per heavy atom. The van der Waals surface area contributed by atoms with Gasteiger partial charge in [-0.2, -0.15) is 0 Å². The normalized spacial score (nSPS) is 17.9. The molecule has 6 heteroatoms. The Labute approximate surface area is 127 Å². The maximum Gasteiger partial charge on any atom is 0.248 e. The number of aliphatic hydroxyl groups excluding tert-OH is 1. The SMILES string of the molecule is CC(c1cc2cc(F)ccc2o1)N1CCN(C(=O)CO)CC1. The van der Waals surface area contributed by atoms with E-state index in [0.717, 1.165) is 24.2 Å². The van der Waals surface area contributed by atoms with Crippen molar-refractivity contribution in [3.63, 3.8) is 0 Å². The van der Waals surface area contributed by atoms with E-state index in [-0.39, 0.29) is 17.8 Å². The number of hydrogen-bond acceptors (Lipinski definition) is 4. The lowest BCUT2D eigenvalue weighted by molar-refractivity contribution is -0.136. The van der Waals surface area contributed by atoms with Crippen molar-refractivity contribution < 1.29 is 18.7 Å². The third kappa shape index (κ3) is 2.84. The summed E-state index contributed by atoms with van der Waals surface area (Å²) >= 11 is 0. The lowest BCUT2D eigenvalue weighted by Gasteiger charge is -2.37. The molecule has 1 amide bonds.